The van der Waals surface area contributed by atoms with Gasteiger partial charge in [-0.2, -0.15) is 10.2 Å². The minimum absolute atomic E-state index is 0.174. The summed E-state index contributed by atoms with van der Waals surface area (Å²) >= 11 is 3.52. The third-order valence-corrected chi connectivity index (χ3v) is 6.69. The Morgan fingerprint density at radius 1 is 1.15 bits per heavy atom. The van der Waals surface area contributed by atoms with Crippen molar-refractivity contribution in [2.75, 3.05) is 4.72 Å². The van der Waals surface area contributed by atoms with Gasteiger partial charge in [-0.3, -0.25) is 14.1 Å². The molecule has 0 aliphatic carbocycles. The van der Waals surface area contributed by atoms with Crippen molar-refractivity contribution in [3.05, 3.63) is 57.6 Å². The number of aromatic nitrogens is 4. The molecule has 0 aliphatic rings. The molecule has 1 aromatic carbocycles. The largest absolute Gasteiger partial charge is 0.280 e. The van der Waals surface area contributed by atoms with E-state index in [-0.39, 0.29) is 4.90 Å². The van der Waals surface area contributed by atoms with Crippen LogP contribution in [0.15, 0.2) is 39.8 Å². The van der Waals surface area contributed by atoms with Crippen LogP contribution in [0, 0.1) is 20.8 Å². The van der Waals surface area contributed by atoms with Crippen LogP contribution in [0.25, 0.3) is 0 Å². The number of hydrogen-bond acceptors (Lipinski definition) is 4. The normalized spacial score (nSPS) is 11.7. The van der Waals surface area contributed by atoms with Gasteiger partial charge >= 0.3 is 0 Å². The maximum Gasteiger partial charge on any atom is 0.265 e. The molecule has 7 nitrogen and oxygen atoms in total. The van der Waals surface area contributed by atoms with Gasteiger partial charge in [0.15, 0.2) is 0 Å². The van der Waals surface area contributed by atoms with Gasteiger partial charge in [-0.05, 0) is 54.4 Å². The number of nitrogens with zero attached hydrogens (tertiary/aromatic N) is 4. The molecule has 0 unspecified atom stereocenters. The third kappa shape index (κ3) is 3.68. The molecular weight excluding hydrogens is 418 g/mol. The molecule has 0 spiro atoms. The van der Waals surface area contributed by atoms with E-state index in [1.807, 2.05) is 36.7 Å². The molecule has 2 aromatic heterocycles. The van der Waals surface area contributed by atoms with Crippen molar-refractivity contribution in [2.45, 2.75) is 32.2 Å². The number of rotatable bonds is 5. The minimum Gasteiger partial charge on any atom is -0.280 e. The summed E-state index contributed by atoms with van der Waals surface area (Å²) in [5, 5.41) is 8.59. The monoisotopic (exact) mass is 437 g/mol. The lowest BCUT2D eigenvalue weighted by molar-refractivity contribution is 0.600. The summed E-state index contributed by atoms with van der Waals surface area (Å²) in [7, 11) is -1.99. The summed E-state index contributed by atoms with van der Waals surface area (Å²) in [4.78, 5) is 0.174. The molecule has 0 bridgehead atoms. The van der Waals surface area contributed by atoms with Gasteiger partial charge in [0.2, 0.25) is 0 Å². The van der Waals surface area contributed by atoms with E-state index in [4.69, 9.17) is 0 Å². The van der Waals surface area contributed by atoms with E-state index < -0.39 is 10.0 Å². The maximum absolute atomic E-state index is 12.6. The van der Waals surface area contributed by atoms with Crippen LogP contribution in [-0.4, -0.2) is 28.0 Å². The average Bonchev–Trinajstić information content (AvgIpc) is 3.02. The fraction of sp³-hybridized carbons (Fsp3) is 0.294. The number of nitrogens with one attached hydrogen (secondary N) is 1. The van der Waals surface area contributed by atoms with Crippen LogP contribution >= 0.6 is 15.9 Å². The Labute approximate surface area is 161 Å². The molecule has 0 fully saturated rings. The minimum atomic E-state index is -3.69. The highest BCUT2D eigenvalue weighted by molar-refractivity contribution is 9.10. The van der Waals surface area contributed by atoms with Gasteiger partial charge in [0.05, 0.1) is 28.1 Å². The fourth-order valence-electron chi connectivity index (χ4n) is 2.79. The van der Waals surface area contributed by atoms with Gasteiger partial charge in [-0.15, -0.1) is 0 Å². The topological polar surface area (TPSA) is 81.8 Å². The zero-order valence-corrected chi connectivity index (χ0v) is 17.4. The third-order valence-electron chi connectivity index (χ3n) is 4.06. The Morgan fingerprint density at radius 2 is 1.88 bits per heavy atom. The second-order valence-corrected chi connectivity index (χ2v) is 8.64. The Morgan fingerprint density at radius 3 is 2.46 bits per heavy atom. The summed E-state index contributed by atoms with van der Waals surface area (Å²) in [5.74, 6) is 0. The lowest BCUT2D eigenvalue weighted by Crippen LogP contribution is -2.14. The van der Waals surface area contributed by atoms with Crippen molar-refractivity contribution in [1.82, 2.24) is 19.6 Å². The SMILES string of the molecule is Cc1nn(C)cc1S(=O)(=O)Nc1cccc(Cn2nc(C)c(Br)c2C)c1. The fourth-order valence-corrected chi connectivity index (χ4v) is 4.34. The number of hydrogen-bond donors (Lipinski definition) is 1. The Kier molecular flexibility index (Phi) is 4.94. The van der Waals surface area contributed by atoms with Gasteiger partial charge in [0.1, 0.15) is 4.90 Å². The van der Waals surface area contributed by atoms with Crippen LogP contribution in [0.2, 0.25) is 0 Å². The molecule has 0 amide bonds. The highest BCUT2D eigenvalue weighted by Gasteiger charge is 2.20. The van der Waals surface area contributed by atoms with Crippen molar-refractivity contribution >= 4 is 31.6 Å². The Bertz CT molecular complexity index is 1070. The Balaban J connectivity index is 1.85. The van der Waals surface area contributed by atoms with Crippen molar-refractivity contribution in [1.29, 1.82) is 0 Å². The summed E-state index contributed by atoms with van der Waals surface area (Å²) in [5.41, 5.74) is 3.87. The van der Waals surface area contributed by atoms with Crippen LogP contribution in [-0.2, 0) is 23.6 Å². The van der Waals surface area contributed by atoms with Gasteiger partial charge in [0, 0.05) is 18.9 Å². The van der Waals surface area contributed by atoms with Crippen LogP contribution in [0.4, 0.5) is 5.69 Å². The molecule has 0 aliphatic heterocycles. The number of aryl methyl sites for hydroxylation is 3. The predicted molar refractivity (Wildman–Crippen MR) is 104 cm³/mol. The summed E-state index contributed by atoms with van der Waals surface area (Å²) < 4.78 is 32.2. The summed E-state index contributed by atoms with van der Waals surface area (Å²) in [6.45, 7) is 6.15. The van der Waals surface area contributed by atoms with E-state index in [0.29, 0.717) is 17.9 Å². The predicted octanol–water partition coefficient (Wildman–Crippen LogP) is 3.15. The van der Waals surface area contributed by atoms with E-state index in [1.54, 1.807) is 20.0 Å². The molecule has 3 rings (SSSR count). The molecule has 138 valence electrons. The second kappa shape index (κ2) is 6.88. The van der Waals surface area contributed by atoms with Gasteiger partial charge in [-0.1, -0.05) is 12.1 Å². The molecule has 0 saturated carbocycles. The standard InChI is InChI=1S/C17H20BrN5O2S/c1-11-16(10-22(4)19-11)26(24,25)21-15-7-5-6-14(8-15)9-23-13(3)17(18)12(2)20-23/h5-8,10,21H,9H2,1-4H3. The molecule has 0 saturated heterocycles. The zero-order valence-electron chi connectivity index (χ0n) is 15.0. The number of anilines is 1. The zero-order chi connectivity index (χ0) is 19.1. The highest BCUT2D eigenvalue weighted by atomic mass is 79.9. The summed E-state index contributed by atoms with van der Waals surface area (Å²) in [6, 6.07) is 7.30. The molecule has 9 heteroatoms. The van der Waals surface area contributed by atoms with Crippen LogP contribution in [0.3, 0.4) is 0 Å². The van der Waals surface area contributed by atoms with Crippen molar-refractivity contribution < 1.29 is 8.42 Å². The van der Waals surface area contributed by atoms with Gasteiger partial charge in [0.25, 0.3) is 10.0 Å². The molecule has 26 heavy (non-hydrogen) atoms. The quantitative estimate of drug-likeness (QED) is 0.664. The van der Waals surface area contributed by atoms with Crippen LogP contribution < -0.4 is 4.72 Å². The smallest absolute Gasteiger partial charge is 0.265 e. The molecule has 0 atom stereocenters. The Hall–Kier alpha value is -2.13. The molecule has 2 heterocycles. The maximum atomic E-state index is 12.6. The first kappa shape index (κ1) is 18.7. The number of benzene rings is 1. The molecule has 3 aromatic rings. The van der Waals surface area contributed by atoms with Crippen LogP contribution in [0.1, 0.15) is 22.6 Å². The second-order valence-electron chi connectivity index (χ2n) is 6.20. The summed E-state index contributed by atoms with van der Waals surface area (Å²) in [6.07, 6.45) is 1.49. The first-order chi connectivity index (χ1) is 12.2. The van der Waals surface area contributed by atoms with Crippen molar-refractivity contribution in [2.24, 2.45) is 7.05 Å². The highest BCUT2D eigenvalue weighted by Crippen LogP contribution is 2.22. The number of sulfonamides is 1. The van der Waals surface area contributed by atoms with E-state index >= 15 is 0 Å². The molecular formula is C17H20BrN5O2S. The first-order valence-electron chi connectivity index (χ1n) is 7.99. The first-order valence-corrected chi connectivity index (χ1v) is 10.3. The van der Waals surface area contributed by atoms with E-state index in [0.717, 1.165) is 21.4 Å². The average molecular weight is 438 g/mol. The van der Waals surface area contributed by atoms with E-state index in [1.165, 1.54) is 10.9 Å². The lowest BCUT2D eigenvalue weighted by Gasteiger charge is -2.10. The van der Waals surface area contributed by atoms with Crippen molar-refractivity contribution in [3.63, 3.8) is 0 Å². The van der Waals surface area contributed by atoms with Gasteiger partial charge < -0.3 is 0 Å². The molecule has 1 N–H and O–H groups in total. The van der Waals surface area contributed by atoms with E-state index in [9.17, 15) is 8.42 Å². The van der Waals surface area contributed by atoms with Gasteiger partial charge in [-0.25, -0.2) is 8.42 Å². The van der Waals surface area contributed by atoms with E-state index in [2.05, 4.69) is 30.8 Å². The van der Waals surface area contributed by atoms with Crippen molar-refractivity contribution in [3.8, 4) is 0 Å². The lowest BCUT2D eigenvalue weighted by atomic mass is 10.2. The molecule has 0 radical (unpaired) electrons. The number of halogens is 1. The van der Waals surface area contributed by atoms with Crippen LogP contribution in [0.5, 0.6) is 0 Å².